The van der Waals surface area contributed by atoms with E-state index in [0.717, 1.165) is 12.3 Å². The summed E-state index contributed by atoms with van der Waals surface area (Å²) in [6, 6.07) is 1.04. The molecule has 9 heavy (non-hydrogen) atoms. The Hall–Kier alpha value is -1.52. The van der Waals surface area contributed by atoms with Crippen LogP contribution in [0.4, 0.5) is 0 Å². The molecule has 0 aliphatic rings. The normalized spacial score (nSPS) is 9.33. The monoisotopic (exact) mass is 128 g/mol. The van der Waals surface area contributed by atoms with Gasteiger partial charge in [-0.25, -0.2) is 4.79 Å². The molecule has 1 rings (SSSR count). The fraction of sp³-hybridized carbons (Fsp3) is 0. The lowest BCUT2D eigenvalue weighted by Crippen LogP contribution is -2.31. The minimum Gasteiger partial charge on any atom is -0.421 e. The van der Waals surface area contributed by atoms with Crippen LogP contribution < -0.4 is 11.2 Å². The van der Waals surface area contributed by atoms with Crippen LogP contribution >= 0.6 is 0 Å². The average molecular weight is 128 g/mol. The Morgan fingerprint density at radius 1 is 1.56 bits per heavy atom. The van der Waals surface area contributed by atoms with Gasteiger partial charge in [-0.1, -0.05) is 4.73 Å². The second-order valence-corrected chi connectivity index (χ2v) is 1.43. The molecule has 1 aromatic heterocycles. The van der Waals surface area contributed by atoms with E-state index in [1.807, 2.05) is 0 Å². The van der Waals surface area contributed by atoms with E-state index in [2.05, 4.69) is 4.98 Å². The maximum absolute atomic E-state index is 10.3. The molecule has 1 aromatic rings. The number of nitrogens with zero attached hydrogens (tertiary/aromatic N) is 1. The van der Waals surface area contributed by atoms with E-state index in [0.29, 0.717) is 0 Å². The number of hydrogen-bond donors (Lipinski definition) is 2. The standard InChI is InChI=1S/C4H4N2O3/c7-3-1-2-5-4(8)6(3)9/h1-2,9H,(H,5,8). The van der Waals surface area contributed by atoms with Crippen molar-refractivity contribution in [3.8, 4) is 0 Å². The fourth-order valence-electron chi connectivity index (χ4n) is 0.416. The van der Waals surface area contributed by atoms with E-state index in [4.69, 9.17) is 5.21 Å². The molecule has 1 heterocycles. The summed E-state index contributed by atoms with van der Waals surface area (Å²) in [5, 5.41) is 8.47. The second-order valence-electron chi connectivity index (χ2n) is 1.43. The molecule has 0 bridgehead atoms. The fourth-order valence-corrected chi connectivity index (χ4v) is 0.416. The smallest absolute Gasteiger partial charge is 0.361 e. The molecule has 2 N–H and O–H groups in total. The van der Waals surface area contributed by atoms with Crippen LogP contribution in [0.2, 0.25) is 0 Å². The summed E-state index contributed by atoms with van der Waals surface area (Å²) in [5.41, 5.74) is -1.57. The largest absolute Gasteiger partial charge is 0.421 e. The lowest BCUT2D eigenvalue weighted by Gasteiger charge is -1.87. The molecule has 0 aliphatic carbocycles. The predicted octanol–water partition coefficient (Wildman–Crippen LogP) is -1.23. The Bertz CT molecular complexity index is 282. The Labute approximate surface area is 49.2 Å². The van der Waals surface area contributed by atoms with Gasteiger partial charge in [-0.05, 0) is 0 Å². The van der Waals surface area contributed by atoms with Crippen LogP contribution in [-0.4, -0.2) is 14.9 Å². The molecule has 5 heteroatoms. The Kier molecular flexibility index (Phi) is 1.11. The topological polar surface area (TPSA) is 75.1 Å². The van der Waals surface area contributed by atoms with Crippen LogP contribution in [0.1, 0.15) is 0 Å². The van der Waals surface area contributed by atoms with Gasteiger partial charge in [0.25, 0.3) is 5.56 Å². The van der Waals surface area contributed by atoms with E-state index >= 15 is 0 Å². The highest BCUT2D eigenvalue weighted by molar-refractivity contribution is 4.79. The number of aromatic amines is 1. The van der Waals surface area contributed by atoms with Crippen LogP contribution in [0, 0.1) is 0 Å². The summed E-state index contributed by atoms with van der Waals surface area (Å²) >= 11 is 0. The summed E-state index contributed by atoms with van der Waals surface area (Å²) in [5.74, 6) is 0. The lowest BCUT2D eigenvalue weighted by molar-refractivity contribution is 0.160. The van der Waals surface area contributed by atoms with Gasteiger partial charge in [-0.2, -0.15) is 0 Å². The molecule has 0 fully saturated rings. The summed E-state index contributed by atoms with van der Waals surface area (Å²) in [4.78, 5) is 22.7. The van der Waals surface area contributed by atoms with Crippen LogP contribution in [-0.2, 0) is 0 Å². The van der Waals surface area contributed by atoms with E-state index in [1.165, 1.54) is 0 Å². The van der Waals surface area contributed by atoms with Crippen molar-refractivity contribution in [1.29, 1.82) is 0 Å². The zero-order valence-corrected chi connectivity index (χ0v) is 4.37. The molecule has 0 spiro atoms. The minimum atomic E-state index is -0.831. The summed E-state index contributed by atoms with van der Waals surface area (Å²) < 4.78 is 0. The predicted molar refractivity (Wildman–Crippen MR) is 28.5 cm³/mol. The summed E-state index contributed by atoms with van der Waals surface area (Å²) in [6.45, 7) is 0. The second kappa shape index (κ2) is 1.77. The van der Waals surface area contributed by atoms with Gasteiger partial charge in [0.05, 0.1) is 0 Å². The Morgan fingerprint density at radius 3 is 2.67 bits per heavy atom. The van der Waals surface area contributed by atoms with Crippen molar-refractivity contribution in [3.05, 3.63) is 33.1 Å². The van der Waals surface area contributed by atoms with E-state index in [1.54, 1.807) is 0 Å². The average Bonchev–Trinajstić information content (AvgIpc) is 1.83. The molecule has 0 radical (unpaired) electrons. The lowest BCUT2D eigenvalue weighted by atomic mass is 10.7. The van der Waals surface area contributed by atoms with Crippen molar-refractivity contribution < 1.29 is 5.21 Å². The van der Waals surface area contributed by atoms with Crippen molar-refractivity contribution in [2.24, 2.45) is 0 Å². The minimum absolute atomic E-state index is 0. The molecule has 5 nitrogen and oxygen atoms in total. The van der Waals surface area contributed by atoms with Crippen molar-refractivity contribution in [1.82, 2.24) is 9.71 Å². The SMILES string of the molecule is O=c1cc[nH]c(=O)n1O. The first-order chi connectivity index (χ1) is 4.22. The number of hydrogen-bond acceptors (Lipinski definition) is 3. The van der Waals surface area contributed by atoms with Gasteiger partial charge >= 0.3 is 5.69 Å². The summed E-state index contributed by atoms with van der Waals surface area (Å²) in [6.07, 6.45) is 1.16. The van der Waals surface area contributed by atoms with E-state index < -0.39 is 11.2 Å². The Morgan fingerprint density at radius 2 is 2.22 bits per heavy atom. The molecule has 0 atom stereocenters. The first-order valence-electron chi connectivity index (χ1n) is 2.22. The highest BCUT2D eigenvalue weighted by Gasteiger charge is 1.91. The first-order valence-corrected chi connectivity index (χ1v) is 2.22. The molecule has 0 unspecified atom stereocenters. The Balaban J connectivity index is 3.62. The van der Waals surface area contributed by atoms with Crippen LogP contribution in [0.15, 0.2) is 21.9 Å². The van der Waals surface area contributed by atoms with Crippen LogP contribution in [0.25, 0.3) is 0 Å². The van der Waals surface area contributed by atoms with Crippen molar-refractivity contribution in [2.45, 2.75) is 0 Å². The number of nitrogens with one attached hydrogen (secondary N) is 1. The van der Waals surface area contributed by atoms with Crippen LogP contribution in [0.3, 0.4) is 0 Å². The number of rotatable bonds is 0. The highest BCUT2D eigenvalue weighted by atomic mass is 16.5. The highest BCUT2D eigenvalue weighted by Crippen LogP contribution is 1.57. The van der Waals surface area contributed by atoms with Gasteiger partial charge in [0.15, 0.2) is 0 Å². The number of H-pyrrole nitrogens is 1. The van der Waals surface area contributed by atoms with Gasteiger partial charge in [0, 0.05) is 12.3 Å². The third-order valence-corrected chi connectivity index (χ3v) is 0.834. The molecule has 0 aromatic carbocycles. The molecule has 0 saturated carbocycles. The molecular weight excluding hydrogens is 124 g/mol. The quantitative estimate of drug-likeness (QED) is 0.430. The maximum Gasteiger partial charge on any atom is 0.361 e. The molecule has 48 valence electrons. The zero-order valence-electron chi connectivity index (χ0n) is 4.37. The van der Waals surface area contributed by atoms with Gasteiger partial charge in [-0.15, -0.1) is 0 Å². The molecular formula is C4H4N2O3. The van der Waals surface area contributed by atoms with Crippen LogP contribution in [0.5, 0.6) is 0 Å². The maximum atomic E-state index is 10.3. The van der Waals surface area contributed by atoms with Gasteiger partial charge in [-0.3, -0.25) is 4.79 Å². The molecule has 0 amide bonds. The number of aromatic nitrogens is 2. The molecule has 0 saturated heterocycles. The third-order valence-electron chi connectivity index (χ3n) is 0.834. The van der Waals surface area contributed by atoms with E-state index in [9.17, 15) is 9.59 Å². The zero-order chi connectivity index (χ0) is 6.85. The van der Waals surface area contributed by atoms with E-state index in [-0.39, 0.29) is 4.73 Å². The van der Waals surface area contributed by atoms with Gasteiger partial charge in [0.2, 0.25) is 0 Å². The third kappa shape index (κ3) is 0.835. The summed E-state index contributed by atoms with van der Waals surface area (Å²) in [7, 11) is 0. The molecule has 0 aliphatic heterocycles. The van der Waals surface area contributed by atoms with Crippen molar-refractivity contribution in [2.75, 3.05) is 0 Å². The van der Waals surface area contributed by atoms with Gasteiger partial charge < -0.3 is 10.2 Å². The first kappa shape index (κ1) is 5.61. The van der Waals surface area contributed by atoms with Crippen molar-refractivity contribution in [3.63, 3.8) is 0 Å². The van der Waals surface area contributed by atoms with Gasteiger partial charge in [0.1, 0.15) is 0 Å². The van der Waals surface area contributed by atoms with Crippen molar-refractivity contribution >= 4 is 0 Å².